The van der Waals surface area contributed by atoms with Gasteiger partial charge >= 0.3 is 5.97 Å². The van der Waals surface area contributed by atoms with Crippen molar-refractivity contribution in [3.8, 4) is 23.0 Å². The Morgan fingerprint density at radius 2 is 1.58 bits per heavy atom. The van der Waals surface area contributed by atoms with E-state index in [0.29, 0.717) is 28.6 Å². The molecule has 0 spiro atoms. The molecule has 0 aliphatic heterocycles. The first-order chi connectivity index (χ1) is 16.0. The first-order valence-electron chi connectivity index (χ1n) is 10.0. The maximum Gasteiger partial charge on any atom is 0.343 e. The van der Waals surface area contributed by atoms with E-state index in [0.717, 1.165) is 5.56 Å². The number of amides is 1. The number of carbonyl (C=O) groups is 2. The fourth-order valence-electron chi connectivity index (χ4n) is 3.02. The maximum absolute atomic E-state index is 12.7. The van der Waals surface area contributed by atoms with Gasteiger partial charge in [0, 0.05) is 0 Å². The van der Waals surface area contributed by atoms with Crippen molar-refractivity contribution in [2.75, 3.05) is 21.3 Å². The lowest BCUT2D eigenvalue weighted by molar-refractivity contribution is -0.120. The highest BCUT2D eigenvalue weighted by Gasteiger charge is 2.18. The van der Waals surface area contributed by atoms with Crippen LogP contribution in [0.2, 0.25) is 0 Å². The largest absolute Gasteiger partial charge is 0.493 e. The molecule has 8 heteroatoms. The summed E-state index contributed by atoms with van der Waals surface area (Å²) in [6.45, 7) is 0. The minimum absolute atomic E-state index is 0.227. The number of ether oxygens (including phenoxy) is 4. The molecular weight excluding hydrogens is 424 g/mol. The van der Waals surface area contributed by atoms with E-state index in [2.05, 4.69) is 10.5 Å². The van der Waals surface area contributed by atoms with E-state index in [1.165, 1.54) is 39.7 Å². The summed E-state index contributed by atoms with van der Waals surface area (Å²) in [7, 11) is 4.41. The second kappa shape index (κ2) is 11.3. The van der Waals surface area contributed by atoms with Crippen LogP contribution in [0, 0.1) is 0 Å². The van der Waals surface area contributed by atoms with Crippen LogP contribution in [0.4, 0.5) is 0 Å². The Balaban J connectivity index is 1.65. The minimum Gasteiger partial charge on any atom is -0.493 e. The molecule has 0 aromatic heterocycles. The summed E-state index contributed by atoms with van der Waals surface area (Å²) in [6.07, 6.45) is 1.70. The van der Waals surface area contributed by atoms with Gasteiger partial charge in [-0.15, -0.1) is 0 Å². The molecule has 0 fully saturated rings. The summed E-state index contributed by atoms with van der Waals surface area (Å²) in [4.78, 5) is 24.7. The molecule has 0 aliphatic carbocycles. The average molecular weight is 448 g/mol. The van der Waals surface area contributed by atoms with E-state index in [-0.39, 0.29) is 17.9 Å². The first-order valence-corrected chi connectivity index (χ1v) is 10.0. The minimum atomic E-state index is -0.598. The van der Waals surface area contributed by atoms with Crippen LogP contribution in [0.5, 0.6) is 23.0 Å². The standard InChI is InChI=1S/C25H24N2O6/c1-30-21-14-19(15-22(31-2)24(21)32-3)25(29)33-20-11-7-10-18(12-20)16-26-27-23(28)13-17-8-5-4-6-9-17/h4-12,14-16H,13H2,1-3H3,(H,27,28)/b26-16-. The molecule has 0 bridgehead atoms. The van der Waals surface area contributed by atoms with Crippen molar-refractivity contribution >= 4 is 18.1 Å². The number of esters is 1. The lowest BCUT2D eigenvalue weighted by atomic mass is 10.1. The van der Waals surface area contributed by atoms with Gasteiger partial charge in [0.05, 0.1) is 39.5 Å². The zero-order valence-electron chi connectivity index (χ0n) is 18.5. The van der Waals surface area contributed by atoms with Crippen LogP contribution in [0.1, 0.15) is 21.5 Å². The van der Waals surface area contributed by atoms with Crippen molar-refractivity contribution in [1.82, 2.24) is 5.43 Å². The predicted octanol–water partition coefficient (Wildman–Crippen LogP) is 3.62. The van der Waals surface area contributed by atoms with Crippen molar-refractivity contribution < 1.29 is 28.5 Å². The highest BCUT2D eigenvalue weighted by molar-refractivity contribution is 5.93. The molecule has 0 atom stereocenters. The summed E-state index contributed by atoms with van der Waals surface area (Å²) in [6, 6.07) is 19.1. The SMILES string of the molecule is COc1cc(C(=O)Oc2cccc(/C=N\NC(=O)Cc3ccccc3)c2)cc(OC)c1OC. The Morgan fingerprint density at radius 1 is 0.879 bits per heavy atom. The Hall–Kier alpha value is -4.33. The van der Waals surface area contributed by atoms with E-state index in [1.807, 2.05) is 30.3 Å². The zero-order chi connectivity index (χ0) is 23.6. The van der Waals surface area contributed by atoms with Gasteiger partial charge in [-0.1, -0.05) is 42.5 Å². The van der Waals surface area contributed by atoms with Crippen LogP contribution < -0.4 is 24.4 Å². The third kappa shape index (κ3) is 6.33. The highest BCUT2D eigenvalue weighted by Crippen LogP contribution is 2.38. The molecule has 0 saturated heterocycles. The fraction of sp³-hybridized carbons (Fsp3) is 0.160. The molecule has 3 aromatic carbocycles. The Bertz CT molecular complexity index is 1120. The van der Waals surface area contributed by atoms with Gasteiger partial charge in [-0.05, 0) is 35.4 Å². The van der Waals surface area contributed by atoms with Crippen LogP contribution in [0.15, 0.2) is 71.8 Å². The smallest absolute Gasteiger partial charge is 0.343 e. The van der Waals surface area contributed by atoms with Crippen molar-refractivity contribution in [2.24, 2.45) is 5.10 Å². The number of benzene rings is 3. The number of nitrogens with zero attached hydrogens (tertiary/aromatic N) is 1. The second-order valence-corrected chi connectivity index (χ2v) is 6.83. The van der Waals surface area contributed by atoms with Gasteiger partial charge in [0.25, 0.3) is 0 Å². The molecule has 170 valence electrons. The molecule has 0 radical (unpaired) electrons. The Kier molecular flexibility index (Phi) is 8.02. The summed E-state index contributed by atoms with van der Waals surface area (Å²) in [5.74, 6) is 0.547. The number of rotatable bonds is 9. The van der Waals surface area contributed by atoms with Crippen LogP contribution in [0.3, 0.4) is 0 Å². The molecule has 0 aliphatic rings. The van der Waals surface area contributed by atoms with Crippen molar-refractivity contribution in [2.45, 2.75) is 6.42 Å². The number of nitrogens with one attached hydrogen (secondary N) is 1. The van der Waals surface area contributed by atoms with Gasteiger partial charge in [0.15, 0.2) is 11.5 Å². The van der Waals surface area contributed by atoms with E-state index in [1.54, 1.807) is 24.3 Å². The number of hydrogen-bond donors (Lipinski definition) is 1. The average Bonchev–Trinajstić information content (AvgIpc) is 2.83. The third-order valence-electron chi connectivity index (χ3n) is 4.58. The Morgan fingerprint density at radius 3 is 2.21 bits per heavy atom. The lowest BCUT2D eigenvalue weighted by Crippen LogP contribution is -2.19. The molecule has 0 unspecified atom stereocenters. The highest BCUT2D eigenvalue weighted by atomic mass is 16.5. The monoisotopic (exact) mass is 448 g/mol. The molecule has 33 heavy (non-hydrogen) atoms. The summed E-state index contributed by atoms with van der Waals surface area (Å²) < 4.78 is 21.3. The summed E-state index contributed by atoms with van der Waals surface area (Å²) in [5.41, 5.74) is 4.26. The third-order valence-corrected chi connectivity index (χ3v) is 4.58. The van der Waals surface area contributed by atoms with Crippen LogP contribution in [0.25, 0.3) is 0 Å². The molecule has 0 heterocycles. The molecule has 1 amide bonds. The van der Waals surface area contributed by atoms with E-state index in [9.17, 15) is 9.59 Å². The molecule has 1 N–H and O–H groups in total. The van der Waals surface area contributed by atoms with E-state index >= 15 is 0 Å². The van der Waals surface area contributed by atoms with Crippen LogP contribution in [-0.2, 0) is 11.2 Å². The van der Waals surface area contributed by atoms with Gasteiger partial charge in [0.2, 0.25) is 11.7 Å². The van der Waals surface area contributed by atoms with Crippen molar-refractivity contribution in [1.29, 1.82) is 0 Å². The second-order valence-electron chi connectivity index (χ2n) is 6.83. The van der Waals surface area contributed by atoms with Gasteiger partial charge in [-0.25, -0.2) is 10.2 Å². The fourth-order valence-corrected chi connectivity index (χ4v) is 3.02. The topological polar surface area (TPSA) is 95.5 Å². The molecule has 0 saturated carbocycles. The van der Waals surface area contributed by atoms with Crippen molar-refractivity contribution in [3.05, 3.63) is 83.4 Å². The first kappa shape index (κ1) is 23.3. The number of hydrazone groups is 1. The summed E-state index contributed by atoms with van der Waals surface area (Å²) >= 11 is 0. The van der Waals surface area contributed by atoms with Crippen LogP contribution >= 0.6 is 0 Å². The van der Waals surface area contributed by atoms with Gasteiger partial charge < -0.3 is 18.9 Å². The number of hydrogen-bond acceptors (Lipinski definition) is 7. The zero-order valence-corrected chi connectivity index (χ0v) is 18.5. The Labute approximate surface area is 191 Å². The van der Waals surface area contributed by atoms with Gasteiger partial charge in [0.1, 0.15) is 5.75 Å². The maximum atomic E-state index is 12.7. The van der Waals surface area contributed by atoms with Gasteiger partial charge in [-0.2, -0.15) is 5.10 Å². The molecule has 3 aromatic rings. The molecular formula is C25H24N2O6. The molecule has 8 nitrogen and oxygen atoms in total. The number of methoxy groups -OCH3 is 3. The quantitative estimate of drug-likeness (QED) is 0.233. The number of carbonyl (C=O) groups excluding carboxylic acids is 2. The molecule has 3 rings (SSSR count). The lowest BCUT2D eigenvalue weighted by Gasteiger charge is -2.13. The normalized spacial score (nSPS) is 10.5. The van der Waals surface area contributed by atoms with E-state index in [4.69, 9.17) is 18.9 Å². The van der Waals surface area contributed by atoms with Crippen LogP contribution in [-0.4, -0.2) is 39.4 Å². The van der Waals surface area contributed by atoms with E-state index < -0.39 is 5.97 Å². The van der Waals surface area contributed by atoms with Crippen molar-refractivity contribution in [3.63, 3.8) is 0 Å². The summed E-state index contributed by atoms with van der Waals surface area (Å²) in [5, 5.41) is 3.97. The predicted molar refractivity (Wildman–Crippen MR) is 123 cm³/mol. The van der Waals surface area contributed by atoms with Gasteiger partial charge in [-0.3, -0.25) is 4.79 Å².